The molecule has 136 valence electrons. The van der Waals surface area contributed by atoms with E-state index in [0.29, 0.717) is 5.71 Å². The van der Waals surface area contributed by atoms with Gasteiger partial charge in [0.05, 0.1) is 17.0 Å². The van der Waals surface area contributed by atoms with Crippen molar-refractivity contribution in [2.75, 3.05) is 0 Å². The average Bonchev–Trinajstić information content (AvgIpc) is 2.68. The highest BCUT2D eigenvalue weighted by Crippen LogP contribution is 2.36. The SMILES string of the molecule is C/C(=C\C(=Nc1ccccc1C(F)(F)F)c1ccccc1)c1ccccc1. The lowest BCUT2D eigenvalue weighted by atomic mass is 10.0. The van der Waals surface area contributed by atoms with Crippen LogP contribution in [0.5, 0.6) is 0 Å². The lowest BCUT2D eigenvalue weighted by Gasteiger charge is -2.11. The minimum atomic E-state index is -4.46. The van der Waals surface area contributed by atoms with E-state index in [4.69, 9.17) is 0 Å². The van der Waals surface area contributed by atoms with Gasteiger partial charge in [0, 0.05) is 5.56 Å². The third-order valence-corrected chi connectivity index (χ3v) is 4.10. The predicted molar refractivity (Wildman–Crippen MR) is 104 cm³/mol. The van der Waals surface area contributed by atoms with Gasteiger partial charge in [0.25, 0.3) is 0 Å². The Hall–Kier alpha value is -3.14. The Bertz CT molecular complexity index is 956. The van der Waals surface area contributed by atoms with E-state index >= 15 is 0 Å². The van der Waals surface area contributed by atoms with Crippen LogP contribution in [0.1, 0.15) is 23.6 Å². The molecular formula is C23H18F3N. The Morgan fingerprint density at radius 3 is 1.85 bits per heavy atom. The van der Waals surface area contributed by atoms with Gasteiger partial charge in [0.15, 0.2) is 0 Å². The van der Waals surface area contributed by atoms with Crippen molar-refractivity contribution in [2.24, 2.45) is 4.99 Å². The highest BCUT2D eigenvalue weighted by Gasteiger charge is 2.33. The molecule has 3 aromatic rings. The van der Waals surface area contributed by atoms with Crippen LogP contribution in [-0.4, -0.2) is 5.71 Å². The van der Waals surface area contributed by atoms with Crippen LogP contribution in [0, 0.1) is 0 Å². The van der Waals surface area contributed by atoms with Crippen molar-refractivity contribution < 1.29 is 13.2 Å². The molecule has 0 amide bonds. The van der Waals surface area contributed by atoms with E-state index < -0.39 is 11.7 Å². The Morgan fingerprint density at radius 1 is 0.741 bits per heavy atom. The normalized spacial score (nSPS) is 12.9. The van der Waals surface area contributed by atoms with Crippen LogP contribution < -0.4 is 0 Å². The summed E-state index contributed by atoms with van der Waals surface area (Å²) in [5.74, 6) is 0. The van der Waals surface area contributed by atoms with E-state index in [-0.39, 0.29) is 5.69 Å². The summed E-state index contributed by atoms with van der Waals surface area (Å²) in [6.45, 7) is 1.92. The molecule has 3 rings (SSSR count). The molecule has 0 aliphatic heterocycles. The molecule has 27 heavy (non-hydrogen) atoms. The quantitative estimate of drug-likeness (QED) is 0.445. The topological polar surface area (TPSA) is 12.4 Å². The van der Waals surface area contributed by atoms with Gasteiger partial charge in [-0.25, -0.2) is 4.99 Å². The van der Waals surface area contributed by atoms with Gasteiger partial charge in [-0.15, -0.1) is 0 Å². The number of allylic oxidation sites excluding steroid dienone is 2. The Kier molecular flexibility index (Phi) is 5.55. The molecular weight excluding hydrogens is 347 g/mol. The summed E-state index contributed by atoms with van der Waals surface area (Å²) in [5, 5.41) is 0. The average molecular weight is 365 g/mol. The van der Waals surface area contributed by atoms with Crippen LogP contribution in [0.4, 0.5) is 18.9 Å². The van der Waals surface area contributed by atoms with Gasteiger partial charge in [0.2, 0.25) is 0 Å². The van der Waals surface area contributed by atoms with Crippen molar-refractivity contribution in [3.8, 4) is 0 Å². The molecule has 0 saturated heterocycles. The molecule has 0 radical (unpaired) electrons. The highest BCUT2D eigenvalue weighted by atomic mass is 19.4. The van der Waals surface area contributed by atoms with Crippen LogP contribution in [0.15, 0.2) is 96.0 Å². The highest BCUT2D eigenvalue weighted by molar-refractivity contribution is 6.13. The van der Waals surface area contributed by atoms with Crippen LogP contribution in [0.2, 0.25) is 0 Å². The molecule has 0 spiro atoms. The molecule has 0 aromatic heterocycles. The number of hydrogen-bond acceptors (Lipinski definition) is 1. The molecule has 0 N–H and O–H groups in total. The summed E-state index contributed by atoms with van der Waals surface area (Å²) in [7, 11) is 0. The fourth-order valence-electron chi connectivity index (χ4n) is 2.72. The second-order valence-corrected chi connectivity index (χ2v) is 6.07. The van der Waals surface area contributed by atoms with E-state index in [1.54, 1.807) is 6.07 Å². The maximum absolute atomic E-state index is 13.3. The molecule has 0 heterocycles. The lowest BCUT2D eigenvalue weighted by Crippen LogP contribution is -2.06. The van der Waals surface area contributed by atoms with Crippen molar-refractivity contribution >= 4 is 17.0 Å². The number of nitrogens with zero attached hydrogens (tertiary/aromatic N) is 1. The third-order valence-electron chi connectivity index (χ3n) is 4.10. The number of rotatable bonds is 4. The van der Waals surface area contributed by atoms with Gasteiger partial charge in [-0.3, -0.25) is 0 Å². The fourth-order valence-corrected chi connectivity index (χ4v) is 2.72. The maximum atomic E-state index is 13.3. The van der Waals surface area contributed by atoms with Crippen molar-refractivity contribution in [3.63, 3.8) is 0 Å². The smallest absolute Gasteiger partial charge is 0.248 e. The first-order chi connectivity index (χ1) is 12.9. The summed E-state index contributed by atoms with van der Waals surface area (Å²) in [4.78, 5) is 4.38. The van der Waals surface area contributed by atoms with Crippen LogP contribution >= 0.6 is 0 Å². The Morgan fingerprint density at radius 2 is 1.26 bits per heavy atom. The minimum Gasteiger partial charge on any atom is -0.248 e. The standard InChI is InChI=1S/C23H18F3N/c1-17(18-10-4-2-5-11-18)16-22(19-12-6-3-7-13-19)27-21-15-9-8-14-20(21)23(24,25)26/h2-16H,1H3/b17-16+,27-22?. The number of aliphatic imine (C=N–C) groups is 1. The van der Waals surface area contributed by atoms with Crippen molar-refractivity contribution in [1.82, 2.24) is 0 Å². The zero-order valence-corrected chi connectivity index (χ0v) is 14.7. The molecule has 1 nitrogen and oxygen atoms in total. The van der Waals surface area contributed by atoms with Crippen LogP contribution in [0.3, 0.4) is 0 Å². The molecule has 0 fully saturated rings. The monoisotopic (exact) mass is 365 g/mol. The van der Waals surface area contributed by atoms with Crippen LogP contribution in [0.25, 0.3) is 5.57 Å². The molecule has 3 aromatic carbocycles. The number of hydrogen-bond donors (Lipinski definition) is 0. The van der Waals surface area contributed by atoms with E-state index in [0.717, 1.165) is 22.8 Å². The van der Waals surface area contributed by atoms with E-state index in [1.165, 1.54) is 12.1 Å². The Balaban J connectivity index is 2.14. The number of benzene rings is 3. The van der Waals surface area contributed by atoms with Crippen molar-refractivity contribution in [3.05, 3.63) is 108 Å². The van der Waals surface area contributed by atoms with Crippen LogP contribution in [-0.2, 0) is 6.18 Å². The summed E-state index contributed by atoms with van der Waals surface area (Å²) in [6.07, 6.45) is -2.64. The first-order valence-electron chi connectivity index (χ1n) is 8.49. The number of para-hydroxylation sites is 1. The van der Waals surface area contributed by atoms with E-state index in [1.807, 2.05) is 73.7 Å². The summed E-state index contributed by atoms with van der Waals surface area (Å²) < 4.78 is 40.0. The second-order valence-electron chi connectivity index (χ2n) is 6.07. The Labute approximate surface area is 156 Å². The maximum Gasteiger partial charge on any atom is 0.418 e. The van der Waals surface area contributed by atoms with E-state index in [9.17, 15) is 13.2 Å². The van der Waals surface area contributed by atoms with Crippen molar-refractivity contribution in [2.45, 2.75) is 13.1 Å². The minimum absolute atomic E-state index is 0.0963. The first kappa shape index (κ1) is 18.6. The van der Waals surface area contributed by atoms with E-state index in [2.05, 4.69) is 4.99 Å². The number of alkyl halides is 3. The lowest BCUT2D eigenvalue weighted by molar-refractivity contribution is -0.137. The summed E-state index contributed by atoms with van der Waals surface area (Å²) >= 11 is 0. The largest absolute Gasteiger partial charge is 0.418 e. The predicted octanol–water partition coefficient (Wildman–Crippen LogP) is 6.93. The van der Waals surface area contributed by atoms with Crippen molar-refractivity contribution in [1.29, 1.82) is 0 Å². The first-order valence-corrected chi connectivity index (χ1v) is 8.49. The molecule has 0 saturated carbocycles. The second kappa shape index (κ2) is 8.04. The molecule has 0 atom stereocenters. The number of halogens is 3. The third kappa shape index (κ3) is 4.73. The van der Waals surface area contributed by atoms with Gasteiger partial charge in [0.1, 0.15) is 0 Å². The fraction of sp³-hybridized carbons (Fsp3) is 0.0870. The molecule has 0 aliphatic carbocycles. The van der Waals surface area contributed by atoms with Gasteiger partial charge >= 0.3 is 6.18 Å². The van der Waals surface area contributed by atoms with Gasteiger partial charge < -0.3 is 0 Å². The van der Waals surface area contributed by atoms with Gasteiger partial charge in [-0.05, 0) is 36.3 Å². The van der Waals surface area contributed by atoms with Gasteiger partial charge in [-0.1, -0.05) is 72.8 Å². The molecule has 0 unspecified atom stereocenters. The summed E-state index contributed by atoms with van der Waals surface area (Å²) in [6, 6.07) is 24.3. The molecule has 4 heteroatoms. The zero-order chi connectivity index (χ0) is 19.3. The summed E-state index contributed by atoms with van der Waals surface area (Å²) in [5.41, 5.74) is 2.30. The molecule has 0 bridgehead atoms. The van der Waals surface area contributed by atoms with Gasteiger partial charge in [-0.2, -0.15) is 13.2 Å². The zero-order valence-electron chi connectivity index (χ0n) is 14.7. The molecule has 0 aliphatic rings.